The molecule has 0 spiro atoms. The molecule has 0 aliphatic heterocycles. The Morgan fingerprint density at radius 2 is 1.53 bits per heavy atom. The van der Waals surface area contributed by atoms with Crippen molar-refractivity contribution in [3.63, 3.8) is 0 Å². The summed E-state index contributed by atoms with van der Waals surface area (Å²) in [5.74, 6) is -2.55. The lowest BCUT2D eigenvalue weighted by Crippen LogP contribution is -2.34. The van der Waals surface area contributed by atoms with Gasteiger partial charge in [0.2, 0.25) is 0 Å². The van der Waals surface area contributed by atoms with Gasteiger partial charge in [0, 0.05) is 13.1 Å². The third-order valence-corrected chi connectivity index (χ3v) is 5.13. The number of carboxylic acid groups (broad SMARTS) is 1. The van der Waals surface area contributed by atoms with Crippen LogP contribution >= 0.6 is 0 Å². The molecule has 0 unspecified atom stereocenters. The zero-order chi connectivity index (χ0) is 23.1. The lowest BCUT2D eigenvalue weighted by Gasteiger charge is -2.24. The van der Waals surface area contributed by atoms with Gasteiger partial charge in [-0.25, -0.2) is 9.18 Å². The van der Waals surface area contributed by atoms with Gasteiger partial charge in [0.1, 0.15) is 5.56 Å². The van der Waals surface area contributed by atoms with E-state index in [9.17, 15) is 19.1 Å². The van der Waals surface area contributed by atoms with Crippen molar-refractivity contribution in [2.75, 3.05) is 6.61 Å². The van der Waals surface area contributed by atoms with Crippen LogP contribution in [0.2, 0.25) is 0 Å². The fraction of sp³-hybridized carbons (Fsp3) is 0.231. The second-order valence-corrected chi connectivity index (χ2v) is 7.84. The summed E-state index contributed by atoms with van der Waals surface area (Å²) in [5, 5.41) is 9.27. The van der Waals surface area contributed by atoms with Crippen molar-refractivity contribution < 1.29 is 23.8 Å². The standard InChI is InChI=1S/C26H26FNO4/c1-18(2)21-13-11-20(12-14-21)16-28(15-19-7-4-3-5-8-19)24(29)17-32-25-22(26(30)31)9-6-10-23(25)27/h3-14,18H,15-17H2,1-2H3,(H,30,31). The molecule has 0 radical (unpaired) electrons. The molecule has 3 aromatic carbocycles. The maximum absolute atomic E-state index is 14.1. The summed E-state index contributed by atoms with van der Waals surface area (Å²) in [7, 11) is 0. The first-order chi connectivity index (χ1) is 15.3. The Morgan fingerprint density at radius 1 is 0.906 bits per heavy atom. The Labute approximate surface area is 187 Å². The number of para-hydroxylation sites is 1. The molecule has 1 N–H and O–H groups in total. The monoisotopic (exact) mass is 435 g/mol. The minimum absolute atomic E-state index is 0.323. The Hall–Kier alpha value is -3.67. The summed E-state index contributed by atoms with van der Waals surface area (Å²) in [6.45, 7) is 4.45. The smallest absolute Gasteiger partial charge is 0.339 e. The summed E-state index contributed by atoms with van der Waals surface area (Å²) < 4.78 is 19.5. The number of nitrogens with zero attached hydrogens (tertiary/aromatic N) is 1. The summed E-state index contributed by atoms with van der Waals surface area (Å²) in [6, 6.07) is 21.2. The van der Waals surface area contributed by atoms with E-state index in [1.54, 1.807) is 4.90 Å². The van der Waals surface area contributed by atoms with Crippen molar-refractivity contribution in [1.29, 1.82) is 0 Å². The highest BCUT2D eigenvalue weighted by Crippen LogP contribution is 2.23. The molecule has 0 heterocycles. The summed E-state index contributed by atoms with van der Waals surface area (Å²) in [6.07, 6.45) is 0. The highest BCUT2D eigenvalue weighted by Gasteiger charge is 2.20. The van der Waals surface area contributed by atoms with Gasteiger partial charge in [-0.05, 0) is 34.7 Å². The van der Waals surface area contributed by atoms with Crippen molar-refractivity contribution in [2.24, 2.45) is 0 Å². The van der Waals surface area contributed by atoms with Crippen molar-refractivity contribution in [3.05, 3.63) is 101 Å². The molecule has 0 atom stereocenters. The third-order valence-electron chi connectivity index (χ3n) is 5.13. The van der Waals surface area contributed by atoms with Crippen LogP contribution in [-0.4, -0.2) is 28.5 Å². The van der Waals surface area contributed by atoms with E-state index in [1.165, 1.54) is 17.7 Å². The molecule has 3 aromatic rings. The van der Waals surface area contributed by atoms with Crippen LogP contribution in [0.3, 0.4) is 0 Å². The third kappa shape index (κ3) is 5.94. The van der Waals surface area contributed by atoms with Gasteiger partial charge in [-0.15, -0.1) is 0 Å². The number of ether oxygens (including phenoxy) is 1. The van der Waals surface area contributed by atoms with Crippen LogP contribution in [0.25, 0.3) is 0 Å². The van der Waals surface area contributed by atoms with Crippen LogP contribution in [0.5, 0.6) is 5.75 Å². The molecule has 32 heavy (non-hydrogen) atoms. The summed E-state index contributed by atoms with van der Waals surface area (Å²) >= 11 is 0. The minimum Gasteiger partial charge on any atom is -0.480 e. The number of hydrogen-bond donors (Lipinski definition) is 1. The average Bonchev–Trinajstić information content (AvgIpc) is 2.78. The largest absolute Gasteiger partial charge is 0.480 e. The number of amides is 1. The SMILES string of the molecule is CC(C)c1ccc(CN(Cc2ccccc2)C(=O)COc2c(F)cccc2C(=O)O)cc1. The van der Waals surface area contributed by atoms with E-state index >= 15 is 0 Å². The van der Waals surface area contributed by atoms with E-state index in [0.29, 0.717) is 19.0 Å². The topological polar surface area (TPSA) is 66.8 Å². The highest BCUT2D eigenvalue weighted by atomic mass is 19.1. The first kappa shape index (κ1) is 23.0. The molecule has 0 fully saturated rings. The molecule has 0 saturated heterocycles. The lowest BCUT2D eigenvalue weighted by atomic mass is 10.0. The molecule has 3 rings (SSSR count). The van der Waals surface area contributed by atoms with Gasteiger partial charge < -0.3 is 14.7 Å². The van der Waals surface area contributed by atoms with E-state index in [1.807, 2.05) is 54.6 Å². The number of carboxylic acids is 1. The van der Waals surface area contributed by atoms with Crippen molar-refractivity contribution >= 4 is 11.9 Å². The predicted molar refractivity (Wildman–Crippen MR) is 120 cm³/mol. The van der Waals surface area contributed by atoms with Crippen LogP contribution < -0.4 is 4.74 Å². The first-order valence-corrected chi connectivity index (χ1v) is 10.4. The Bertz CT molecular complexity index is 1060. The van der Waals surface area contributed by atoms with Crippen molar-refractivity contribution in [1.82, 2.24) is 4.90 Å². The highest BCUT2D eigenvalue weighted by molar-refractivity contribution is 5.91. The maximum Gasteiger partial charge on any atom is 0.339 e. The van der Waals surface area contributed by atoms with Crippen LogP contribution in [0, 0.1) is 5.82 Å². The van der Waals surface area contributed by atoms with Gasteiger partial charge in [0.15, 0.2) is 18.2 Å². The molecule has 0 bridgehead atoms. The number of carbonyl (C=O) groups is 2. The number of aromatic carboxylic acids is 1. The van der Waals surface area contributed by atoms with Gasteiger partial charge in [0.25, 0.3) is 5.91 Å². The molecular weight excluding hydrogens is 409 g/mol. The molecular formula is C26H26FNO4. The second kappa shape index (κ2) is 10.6. The van der Waals surface area contributed by atoms with Gasteiger partial charge in [-0.3, -0.25) is 4.79 Å². The van der Waals surface area contributed by atoms with Gasteiger partial charge in [-0.1, -0.05) is 74.5 Å². The van der Waals surface area contributed by atoms with Gasteiger partial charge in [-0.2, -0.15) is 0 Å². The van der Waals surface area contributed by atoms with Crippen LogP contribution in [0.15, 0.2) is 72.8 Å². The van der Waals surface area contributed by atoms with Gasteiger partial charge >= 0.3 is 5.97 Å². The van der Waals surface area contributed by atoms with Crippen LogP contribution in [-0.2, 0) is 17.9 Å². The Balaban J connectivity index is 1.78. The van der Waals surface area contributed by atoms with E-state index in [0.717, 1.165) is 17.2 Å². The zero-order valence-electron chi connectivity index (χ0n) is 18.1. The fourth-order valence-electron chi connectivity index (χ4n) is 3.31. The van der Waals surface area contributed by atoms with Gasteiger partial charge in [0.05, 0.1) is 0 Å². The first-order valence-electron chi connectivity index (χ1n) is 10.4. The second-order valence-electron chi connectivity index (χ2n) is 7.84. The number of rotatable bonds is 9. The average molecular weight is 435 g/mol. The van der Waals surface area contributed by atoms with E-state index in [4.69, 9.17) is 4.74 Å². The number of hydrogen-bond acceptors (Lipinski definition) is 3. The molecule has 0 aliphatic carbocycles. The van der Waals surface area contributed by atoms with E-state index < -0.39 is 24.1 Å². The molecule has 166 valence electrons. The molecule has 5 nitrogen and oxygen atoms in total. The molecule has 1 amide bonds. The maximum atomic E-state index is 14.1. The van der Waals surface area contributed by atoms with Crippen molar-refractivity contribution in [3.8, 4) is 5.75 Å². The van der Waals surface area contributed by atoms with Crippen LogP contribution in [0.4, 0.5) is 4.39 Å². The fourth-order valence-corrected chi connectivity index (χ4v) is 3.31. The molecule has 0 saturated carbocycles. The normalized spacial score (nSPS) is 10.8. The quantitative estimate of drug-likeness (QED) is 0.498. The van der Waals surface area contributed by atoms with Crippen molar-refractivity contribution in [2.45, 2.75) is 32.9 Å². The summed E-state index contributed by atoms with van der Waals surface area (Å²) in [4.78, 5) is 26.0. The summed E-state index contributed by atoms with van der Waals surface area (Å²) in [5.41, 5.74) is 2.78. The predicted octanol–water partition coefficient (Wildman–Crippen LogP) is 5.26. The van der Waals surface area contributed by atoms with E-state index in [-0.39, 0.29) is 11.5 Å². The lowest BCUT2D eigenvalue weighted by molar-refractivity contribution is -0.134. The molecule has 0 aliphatic rings. The molecule has 6 heteroatoms. The van der Waals surface area contributed by atoms with E-state index in [2.05, 4.69) is 13.8 Å². The van der Waals surface area contributed by atoms with Crippen LogP contribution in [0.1, 0.15) is 46.8 Å². The Morgan fingerprint density at radius 3 is 2.12 bits per heavy atom. The number of carbonyl (C=O) groups excluding carboxylic acids is 1. The zero-order valence-corrected chi connectivity index (χ0v) is 18.1. The molecule has 0 aromatic heterocycles. The number of benzene rings is 3. The minimum atomic E-state index is -1.32. The number of halogens is 1. The Kier molecular flexibility index (Phi) is 7.60.